The Balaban J connectivity index is 1.42. The fraction of sp³-hybridized carbons (Fsp3) is 0.593. The molecule has 0 aromatic carbocycles. The molecule has 3 aromatic rings. The van der Waals surface area contributed by atoms with Crippen molar-refractivity contribution in [3.05, 3.63) is 35.3 Å². The van der Waals surface area contributed by atoms with Gasteiger partial charge < -0.3 is 20.3 Å². The van der Waals surface area contributed by atoms with Crippen LogP contribution in [0.15, 0.2) is 18.5 Å². The molecule has 4 heterocycles. The second-order valence-corrected chi connectivity index (χ2v) is 10.5. The van der Waals surface area contributed by atoms with E-state index < -0.39 is 0 Å². The molecule has 37 heavy (non-hydrogen) atoms. The first kappa shape index (κ1) is 26.6. The van der Waals surface area contributed by atoms with E-state index in [2.05, 4.69) is 53.7 Å². The topological polar surface area (TPSA) is 115 Å². The van der Waals surface area contributed by atoms with Crippen LogP contribution >= 0.6 is 0 Å². The first-order valence-corrected chi connectivity index (χ1v) is 13.4. The van der Waals surface area contributed by atoms with Crippen molar-refractivity contribution in [2.75, 3.05) is 43.4 Å². The first-order chi connectivity index (χ1) is 17.8. The third kappa shape index (κ3) is 6.29. The number of aryl methyl sites for hydroxylation is 1. The van der Waals surface area contributed by atoms with Gasteiger partial charge in [0.15, 0.2) is 11.5 Å². The molecule has 1 saturated heterocycles. The second-order valence-electron chi connectivity index (χ2n) is 10.5. The van der Waals surface area contributed by atoms with Crippen LogP contribution in [0.5, 0.6) is 6.01 Å². The van der Waals surface area contributed by atoms with Crippen LogP contribution in [0.2, 0.25) is 0 Å². The van der Waals surface area contributed by atoms with Crippen molar-refractivity contribution in [1.29, 1.82) is 0 Å². The van der Waals surface area contributed by atoms with Crippen LogP contribution in [0.3, 0.4) is 0 Å². The van der Waals surface area contributed by atoms with Gasteiger partial charge in [-0.1, -0.05) is 40.2 Å². The third-order valence-electron chi connectivity index (χ3n) is 6.80. The number of pyridine rings is 1. The summed E-state index contributed by atoms with van der Waals surface area (Å²) in [5.74, 6) is 2.14. The van der Waals surface area contributed by atoms with Gasteiger partial charge in [0.05, 0.1) is 18.5 Å². The van der Waals surface area contributed by atoms with Gasteiger partial charge in [-0.15, -0.1) is 5.10 Å². The highest BCUT2D eigenvalue weighted by atomic mass is 16.5. The van der Waals surface area contributed by atoms with E-state index in [0.29, 0.717) is 30.4 Å². The Bertz CT molecular complexity index is 1220. The molecule has 1 amide bonds. The molecule has 0 aliphatic carbocycles. The molecule has 4 rings (SSSR count). The van der Waals surface area contributed by atoms with Crippen molar-refractivity contribution < 1.29 is 9.53 Å². The highest BCUT2D eigenvalue weighted by molar-refractivity contribution is 5.78. The number of nitrogens with two attached hydrogens (primary N) is 1. The zero-order valence-corrected chi connectivity index (χ0v) is 22.8. The van der Waals surface area contributed by atoms with Crippen LogP contribution in [0.1, 0.15) is 63.8 Å². The average Bonchev–Trinajstić information content (AvgIpc) is 3.26. The number of nitrogen functional groups attached to an aromatic ring is 1. The minimum absolute atomic E-state index is 0.0740. The highest BCUT2D eigenvalue weighted by Crippen LogP contribution is 2.23. The van der Waals surface area contributed by atoms with E-state index in [1.165, 1.54) is 0 Å². The highest BCUT2D eigenvalue weighted by Gasteiger charge is 2.26. The molecule has 0 bridgehead atoms. The molecule has 1 atom stereocenters. The molecule has 200 valence electrons. The van der Waals surface area contributed by atoms with Crippen molar-refractivity contribution in [2.24, 2.45) is 11.8 Å². The monoisotopic (exact) mass is 508 g/mol. The van der Waals surface area contributed by atoms with Crippen molar-refractivity contribution >= 4 is 23.2 Å². The summed E-state index contributed by atoms with van der Waals surface area (Å²) in [6.45, 7) is 14.2. The number of ether oxygens (including phenoxy) is 1. The van der Waals surface area contributed by atoms with E-state index in [9.17, 15) is 4.79 Å². The fourth-order valence-corrected chi connectivity index (χ4v) is 4.94. The van der Waals surface area contributed by atoms with Gasteiger partial charge in [-0.2, -0.15) is 4.98 Å². The molecule has 0 unspecified atom stereocenters. The Morgan fingerprint density at radius 2 is 1.89 bits per heavy atom. The SMILES string of the molecule is CCCCOc1nc(N)c2ncc(Cc3cnc(N4CCN(C(=O)[C@@H](C)CC(C)C)CC4)c(C)c3)n2n1. The number of rotatable bonds is 10. The first-order valence-electron chi connectivity index (χ1n) is 13.4. The number of anilines is 2. The number of unbranched alkanes of at least 4 members (excludes halogenated alkanes) is 1. The Morgan fingerprint density at radius 1 is 1.14 bits per heavy atom. The van der Waals surface area contributed by atoms with Gasteiger partial charge in [0.1, 0.15) is 5.82 Å². The normalized spacial score (nSPS) is 15.0. The van der Waals surface area contributed by atoms with Gasteiger partial charge in [-0.25, -0.2) is 14.5 Å². The van der Waals surface area contributed by atoms with Crippen LogP contribution in [0, 0.1) is 18.8 Å². The van der Waals surface area contributed by atoms with Crippen LogP contribution < -0.4 is 15.4 Å². The molecule has 0 saturated carbocycles. The molecular formula is C27H40N8O2. The van der Waals surface area contributed by atoms with Crippen LogP contribution in [-0.4, -0.2) is 68.2 Å². The smallest absolute Gasteiger partial charge is 0.336 e. The van der Waals surface area contributed by atoms with Crippen molar-refractivity contribution in [3.63, 3.8) is 0 Å². The lowest BCUT2D eigenvalue weighted by Gasteiger charge is -2.37. The number of hydrogen-bond donors (Lipinski definition) is 1. The van der Waals surface area contributed by atoms with E-state index in [1.807, 2.05) is 18.0 Å². The molecule has 10 heteroatoms. The molecule has 10 nitrogen and oxygen atoms in total. The largest absolute Gasteiger partial charge is 0.462 e. The van der Waals surface area contributed by atoms with Crippen LogP contribution in [0.25, 0.3) is 5.65 Å². The third-order valence-corrected chi connectivity index (χ3v) is 6.80. The molecule has 1 aliphatic heterocycles. The summed E-state index contributed by atoms with van der Waals surface area (Å²) in [6, 6.07) is 2.42. The second kappa shape index (κ2) is 11.7. The quantitative estimate of drug-likeness (QED) is 0.414. The molecule has 3 aromatic heterocycles. The van der Waals surface area contributed by atoms with Gasteiger partial charge in [-0.05, 0) is 36.8 Å². The number of fused-ring (bicyclic) bond motifs is 1. The lowest BCUT2D eigenvalue weighted by Crippen LogP contribution is -2.50. The van der Waals surface area contributed by atoms with Gasteiger partial charge in [0.25, 0.3) is 0 Å². The zero-order valence-electron chi connectivity index (χ0n) is 22.8. The predicted octanol–water partition coefficient (Wildman–Crippen LogP) is 3.51. The maximum atomic E-state index is 12.8. The number of piperazine rings is 1. The molecule has 1 aliphatic rings. The number of carbonyl (C=O) groups is 1. The zero-order chi connectivity index (χ0) is 26.5. The minimum Gasteiger partial charge on any atom is -0.462 e. The molecular weight excluding hydrogens is 468 g/mol. The summed E-state index contributed by atoms with van der Waals surface area (Å²) in [6.07, 6.45) is 7.18. The summed E-state index contributed by atoms with van der Waals surface area (Å²) < 4.78 is 7.38. The van der Waals surface area contributed by atoms with Crippen LogP contribution in [-0.2, 0) is 11.2 Å². The lowest BCUT2D eigenvalue weighted by atomic mass is 9.97. The molecule has 1 fully saturated rings. The Morgan fingerprint density at radius 3 is 2.57 bits per heavy atom. The number of aromatic nitrogens is 5. The van der Waals surface area contributed by atoms with E-state index in [1.54, 1.807) is 10.7 Å². The van der Waals surface area contributed by atoms with Gasteiger partial charge >= 0.3 is 6.01 Å². The number of amides is 1. The Labute approximate surface area is 219 Å². The van der Waals surface area contributed by atoms with Crippen molar-refractivity contribution in [2.45, 2.75) is 60.3 Å². The summed E-state index contributed by atoms with van der Waals surface area (Å²) in [5, 5.41) is 4.51. The number of hydrogen-bond acceptors (Lipinski definition) is 8. The van der Waals surface area contributed by atoms with Crippen molar-refractivity contribution in [3.8, 4) is 6.01 Å². The molecule has 0 spiro atoms. The van der Waals surface area contributed by atoms with E-state index in [-0.39, 0.29) is 17.8 Å². The van der Waals surface area contributed by atoms with Gasteiger partial charge in [-0.3, -0.25) is 4.79 Å². The van der Waals surface area contributed by atoms with Crippen LogP contribution in [0.4, 0.5) is 11.6 Å². The standard InChI is InChI=1S/C27H40N8O2/c1-6-7-12-37-27-31-23(28)25-30-17-22(35(25)32-27)15-21-14-19(4)24(29-16-21)33-8-10-34(11-9-33)26(36)20(5)13-18(2)3/h14,16-18,20H,6-13,15H2,1-5H3,(H2,28,31,32)/t20-/m0/s1. The summed E-state index contributed by atoms with van der Waals surface area (Å²) >= 11 is 0. The maximum absolute atomic E-state index is 12.8. The average molecular weight is 509 g/mol. The molecule has 0 radical (unpaired) electrons. The van der Waals surface area contributed by atoms with Crippen molar-refractivity contribution in [1.82, 2.24) is 29.5 Å². The summed E-state index contributed by atoms with van der Waals surface area (Å²) in [5.41, 5.74) is 9.68. The Hall–Kier alpha value is -3.43. The number of nitrogens with zero attached hydrogens (tertiary/aromatic N) is 7. The minimum atomic E-state index is 0.0740. The van der Waals surface area contributed by atoms with Gasteiger partial charge in [0.2, 0.25) is 5.91 Å². The number of carbonyl (C=O) groups excluding carboxylic acids is 1. The van der Waals surface area contributed by atoms with Gasteiger partial charge in [0, 0.05) is 44.7 Å². The van der Waals surface area contributed by atoms with E-state index >= 15 is 0 Å². The molecule has 2 N–H and O–H groups in total. The number of imidazole rings is 1. The Kier molecular flexibility index (Phi) is 8.45. The van der Waals surface area contributed by atoms with E-state index in [4.69, 9.17) is 15.5 Å². The maximum Gasteiger partial charge on any atom is 0.336 e. The lowest BCUT2D eigenvalue weighted by molar-refractivity contribution is -0.135. The summed E-state index contributed by atoms with van der Waals surface area (Å²) in [4.78, 5) is 30.5. The fourth-order valence-electron chi connectivity index (χ4n) is 4.94. The van der Waals surface area contributed by atoms with E-state index in [0.717, 1.165) is 68.1 Å². The predicted molar refractivity (Wildman–Crippen MR) is 145 cm³/mol. The summed E-state index contributed by atoms with van der Waals surface area (Å²) in [7, 11) is 0.